The van der Waals surface area contributed by atoms with Gasteiger partial charge < -0.3 is 4.98 Å². The zero-order valence-electron chi connectivity index (χ0n) is 14.4. The van der Waals surface area contributed by atoms with Gasteiger partial charge in [0.25, 0.3) is 0 Å². The maximum atomic E-state index is 9.60. The minimum absolute atomic E-state index is 0.522. The largest absolute Gasteiger partial charge is 0.337 e. The van der Waals surface area contributed by atoms with Crippen molar-refractivity contribution in [3.63, 3.8) is 0 Å². The number of benzene rings is 2. The zero-order valence-corrected chi connectivity index (χ0v) is 16.8. The van der Waals surface area contributed by atoms with Gasteiger partial charge >= 0.3 is 0 Å². The van der Waals surface area contributed by atoms with E-state index in [1.165, 1.54) is 0 Å². The minimum atomic E-state index is 0.522. The number of rotatable bonds is 4. The summed E-state index contributed by atoms with van der Waals surface area (Å²) in [4.78, 5) is 9.93. The average Bonchev–Trinajstić information content (AvgIpc) is 3.27. The van der Waals surface area contributed by atoms with Gasteiger partial charge in [-0.25, -0.2) is 4.98 Å². The predicted molar refractivity (Wildman–Crippen MR) is 114 cm³/mol. The summed E-state index contributed by atoms with van der Waals surface area (Å²) in [7, 11) is 0. The summed E-state index contributed by atoms with van der Waals surface area (Å²) in [6.45, 7) is 2.03. The van der Waals surface area contributed by atoms with Crippen molar-refractivity contribution in [3.05, 3.63) is 75.9 Å². The molecule has 0 aliphatic rings. The monoisotopic (exact) mass is 407 g/mol. The lowest BCUT2D eigenvalue weighted by atomic mass is 10.2. The van der Waals surface area contributed by atoms with Crippen LogP contribution in [0.1, 0.15) is 16.3 Å². The number of fused-ring (bicyclic) bond motifs is 1. The maximum absolute atomic E-state index is 9.60. The number of aromatic nitrogens is 2. The van der Waals surface area contributed by atoms with E-state index >= 15 is 0 Å². The Balaban J connectivity index is 1.60. The van der Waals surface area contributed by atoms with Crippen LogP contribution in [0.5, 0.6) is 0 Å². The van der Waals surface area contributed by atoms with Crippen molar-refractivity contribution in [3.8, 4) is 6.07 Å². The molecule has 132 valence electrons. The summed E-state index contributed by atoms with van der Waals surface area (Å²) >= 11 is 9.25. The molecule has 2 aromatic heterocycles. The molecule has 27 heavy (non-hydrogen) atoms. The van der Waals surface area contributed by atoms with Gasteiger partial charge in [-0.15, -0.1) is 11.3 Å². The molecule has 0 fully saturated rings. The first kappa shape index (κ1) is 17.9. The number of nitrogens with zero attached hydrogens (tertiary/aromatic N) is 2. The quantitative estimate of drug-likeness (QED) is 0.378. The molecule has 3 nitrogen and oxygen atoms in total. The number of nitrogens with one attached hydrogen (secondary N) is 1. The average molecular weight is 408 g/mol. The zero-order chi connectivity index (χ0) is 18.8. The number of allylic oxidation sites excluding steroid dienone is 1. The van der Waals surface area contributed by atoms with Crippen molar-refractivity contribution in [2.45, 2.75) is 16.0 Å². The molecule has 0 amide bonds. The van der Waals surface area contributed by atoms with Crippen molar-refractivity contribution < 1.29 is 0 Å². The molecular formula is C21H14ClN3S2. The Hall–Kier alpha value is -2.52. The van der Waals surface area contributed by atoms with Crippen molar-refractivity contribution in [2.24, 2.45) is 0 Å². The molecule has 0 spiro atoms. The summed E-state index contributed by atoms with van der Waals surface area (Å²) in [6, 6.07) is 20.1. The molecule has 4 aromatic rings. The van der Waals surface area contributed by atoms with Crippen LogP contribution in [0.4, 0.5) is 0 Å². The predicted octanol–water partition coefficient (Wildman–Crippen LogP) is 6.80. The van der Waals surface area contributed by atoms with Gasteiger partial charge in [-0.05, 0) is 67.1 Å². The summed E-state index contributed by atoms with van der Waals surface area (Å²) in [5.41, 5.74) is 3.48. The molecule has 0 bridgehead atoms. The van der Waals surface area contributed by atoms with Crippen LogP contribution in [0.25, 0.3) is 22.7 Å². The first-order valence-corrected chi connectivity index (χ1v) is 10.2. The Labute approximate surface area is 170 Å². The first-order chi connectivity index (χ1) is 13.1. The van der Waals surface area contributed by atoms with Crippen LogP contribution >= 0.6 is 34.7 Å². The number of hydrogen-bond acceptors (Lipinski definition) is 4. The molecule has 0 atom stereocenters. The topological polar surface area (TPSA) is 52.5 Å². The van der Waals surface area contributed by atoms with Gasteiger partial charge in [0.1, 0.15) is 11.9 Å². The third-order valence-corrected chi connectivity index (χ3v) is 6.36. The van der Waals surface area contributed by atoms with Gasteiger partial charge in [0, 0.05) is 14.8 Å². The van der Waals surface area contributed by atoms with E-state index in [0.29, 0.717) is 11.4 Å². The van der Waals surface area contributed by atoms with E-state index in [0.717, 1.165) is 35.6 Å². The molecule has 0 unspecified atom stereocenters. The third-order valence-electron chi connectivity index (χ3n) is 3.93. The SMILES string of the molecule is Cc1ccc2nc(/C(C#N)=C\c3ccc(Sc4ccc(Cl)cc4)s3)[nH]c2c1. The summed E-state index contributed by atoms with van der Waals surface area (Å²) in [5.74, 6) is 0.596. The Morgan fingerprint density at radius 3 is 2.78 bits per heavy atom. The fraction of sp³-hybridized carbons (Fsp3) is 0.0476. The second-order valence-corrected chi connectivity index (χ2v) is 8.91. The van der Waals surface area contributed by atoms with Gasteiger partial charge in [-0.3, -0.25) is 0 Å². The van der Waals surface area contributed by atoms with Crippen molar-refractivity contribution >= 4 is 57.4 Å². The molecule has 2 aromatic carbocycles. The molecule has 2 heterocycles. The highest BCUT2D eigenvalue weighted by molar-refractivity contribution is 8.01. The lowest BCUT2D eigenvalue weighted by Gasteiger charge is -1.97. The lowest BCUT2D eigenvalue weighted by Crippen LogP contribution is -1.83. The fourth-order valence-corrected chi connectivity index (χ4v) is 4.82. The summed E-state index contributed by atoms with van der Waals surface area (Å²) in [5, 5.41) is 10.3. The van der Waals surface area contributed by atoms with Crippen LogP contribution in [-0.2, 0) is 0 Å². The Morgan fingerprint density at radius 2 is 2.00 bits per heavy atom. The molecule has 6 heteroatoms. The number of halogens is 1. The van der Waals surface area contributed by atoms with Crippen LogP contribution < -0.4 is 0 Å². The van der Waals surface area contributed by atoms with Crippen LogP contribution in [0.3, 0.4) is 0 Å². The van der Waals surface area contributed by atoms with E-state index in [-0.39, 0.29) is 0 Å². The number of thiophene rings is 1. The van der Waals surface area contributed by atoms with Crippen LogP contribution in [0.15, 0.2) is 63.7 Å². The molecule has 0 saturated carbocycles. The first-order valence-electron chi connectivity index (χ1n) is 8.22. The van der Waals surface area contributed by atoms with Crippen LogP contribution in [0.2, 0.25) is 5.02 Å². The van der Waals surface area contributed by atoms with E-state index in [1.54, 1.807) is 23.1 Å². The molecular weight excluding hydrogens is 394 g/mol. The second kappa shape index (κ2) is 7.61. The maximum Gasteiger partial charge on any atom is 0.149 e. The Morgan fingerprint density at radius 1 is 1.19 bits per heavy atom. The normalized spacial score (nSPS) is 11.7. The van der Waals surface area contributed by atoms with Gasteiger partial charge in [0.05, 0.1) is 20.8 Å². The number of H-pyrrole nitrogens is 1. The van der Waals surface area contributed by atoms with Crippen LogP contribution in [-0.4, -0.2) is 9.97 Å². The highest BCUT2D eigenvalue weighted by Gasteiger charge is 2.09. The molecule has 0 aliphatic heterocycles. The number of hydrogen-bond donors (Lipinski definition) is 1. The number of aryl methyl sites for hydroxylation is 1. The van der Waals surface area contributed by atoms with E-state index in [9.17, 15) is 5.26 Å². The van der Waals surface area contributed by atoms with Crippen molar-refractivity contribution in [1.29, 1.82) is 5.26 Å². The Bertz CT molecular complexity index is 1180. The van der Waals surface area contributed by atoms with Gasteiger partial charge in [0.15, 0.2) is 0 Å². The number of imidazole rings is 1. The Kier molecular flexibility index (Phi) is 5.04. The summed E-state index contributed by atoms with van der Waals surface area (Å²) < 4.78 is 1.15. The van der Waals surface area contributed by atoms with Gasteiger partial charge in [-0.2, -0.15) is 5.26 Å². The fourth-order valence-electron chi connectivity index (χ4n) is 2.63. The van der Waals surface area contributed by atoms with Crippen molar-refractivity contribution in [2.75, 3.05) is 0 Å². The van der Waals surface area contributed by atoms with E-state index in [1.807, 2.05) is 61.5 Å². The third kappa shape index (κ3) is 4.09. The molecule has 4 rings (SSSR count). The highest BCUT2D eigenvalue weighted by atomic mass is 35.5. The van der Waals surface area contributed by atoms with Gasteiger partial charge in [-0.1, -0.05) is 29.4 Å². The van der Waals surface area contributed by atoms with Crippen molar-refractivity contribution in [1.82, 2.24) is 9.97 Å². The van der Waals surface area contributed by atoms with Gasteiger partial charge in [0.2, 0.25) is 0 Å². The summed E-state index contributed by atoms with van der Waals surface area (Å²) in [6.07, 6.45) is 1.88. The smallest absolute Gasteiger partial charge is 0.149 e. The molecule has 0 radical (unpaired) electrons. The second-order valence-electron chi connectivity index (χ2n) is 5.99. The number of aromatic amines is 1. The highest BCUT2D eigenvalue weighted by Crippen LogP contribution is 2.35. The van der Waals surface area contributed by atoms with E-state index in [2.05, 4.69) is 22.1 Å². The van der Waals surface area contributed by atoms with E-state index < -0.39 is 0 Å². The molecule has 0 saturated heterocycles. The molecule has 1 N–H and O–H groups in total. The standard InChI is InChI=1S/C21H14ClN3S2/c1-13-2-8-18-19(10-13)25-21(24-18)14(12-23)11-17-7-9-20(27-17)26-16-5-3-15(22)4-6-16/h2-11H,1H3,(H,24,25)/b14-11-. The minimum Gasteiger partial charge on any atom is -0.337 e. The number of nitriles is 1. The lowest BCUT2D eigenvalue weighted by molar-refractivity contribution is 1.27. The molecule has 0 aliphatic carbocycles. The van der Waals surface area contributed by atoms with Crippen LogP contribution in [0, 0.1) is 18.3 Å². The van der Waals surface area contributed by atoms with E-state index in [4.69, 9.17) is 11.6 Å².